The van der Waals surface area contributed by atoms with Crippen LogP contribution in [-0.4, -0.2) is 9.38 Å². The lowest BCUT2D eigenvalue weighted by atomic mass is 10.0. The van der Waals surface area contributed by atoms with Crippen molar-refractivity contribution < 1.29 is 0 Å². The van der Waals surface area contributed by atoms with E-state index in [1.165, 1.54) is 42.6 Å². The fraction of sp³-hybridized carbons (Fsp3) is 0.471. The van der Waals surface area contributed by atoms with Gasteiger partial charge in [0.05, 0.1) is 5.69 Å². The van der Waals surface area contributed by atoms with E-state index in [1.54, 1.807) is 0 Å². The van der Waals surface area contributed by atoms with Gasteiger partial charge < -0.3 is 0 Å². The molecule has 2 nitrogen and oxygen atoms in total. The third-order valence-corrected chi connectivity index (χ3v) is 4.88. The minimum absolute atomic E-state index is 1.12. The molecule has 1 aliphatic carbocycles. The minimum atomic E-state index is 1.12. The van der Waals surface area contributed by atoms with E-state index in [2.05, 4.69) is 41.9 Å². The molecule has 0 bridgehead atoms. The third-order valence-electron chi connectivity index (χ3n) is 3.82. The first-order valence-electron chi connectivity index (χ1n) is 7.70. The topological polar surface area (TPSA) is 17.3 Å². The summed E-state index contributed by atoms with van der Waals surface area (Å²) in [6.07, 6.45) is 19.8. The number of fused-ring (bicyclic) bond motifs is 1. The van der Waals surface area contributed by atoms with E-state index in [-0.39, 0.29) is 0 Å². The van der Waals surface area contributed by atoms with Crippen molar-refractivity contribution in [1.29, 1.82) is 0 Å². The second kappa shape index (κ2) is 6.40. The van der Waals surface area contributed by atoms with Gasteiger partial charge in [0, 0.05) is 17.3 Å². The molecule has 2 heterocycles. The van der Waals surface area contributed by atoms with Gasteiger partial charge in [-0.25, -0.2) is 4.98 Å². The van der Waals surface area contributed by atoms with Crippen molar-refractivity contribution in [2.24, 2.45) is 0 Å². The van der Waals surface area contributed by atoms with Crippen LogP contribution in [0.5, 0.6) is 0 Å². The molecule has 3 heteroatoms. The Balaban J connectivity index is 1.69. The molecule has 2 aromatic rings. The molecule has 0 atom stereocenters. The van der Waals surface area contributed by atoms with Gasteiger partial charge in [-0.15, -0.1) is 11.3 Å². The number of aryl methyl sites for hydroxylation is 1. The second-order valence-corrected chi connectivity index (χ2v) is 6.58. The number of allylic oxidation sites excluding steroid dienone is 4. The Bertz CT molecular complexity index is 599. The van der Waals surface area contributed by atoms with Crippen molar-refractivity contribution >= 4 is 21.9 Å². The summed E-state index contributed by atoms with van der Waals surface area (Å²) in [6, 6.07) is 0. The highest BCUT2D eigenvalue weighted by atomic mass is 32.1. The average Bonchev–Trinajstić information content (AvgIpc) is 3.03. The Labute approximate surface area is 124 Å². The molecule has 0 saturated carbocycles. The third kappa shape index (κ3) is 3.04. The van der Waals surface area contributed by atoms with Gasteiger partial charge in [-0.05, 0) is 31.3 Å². The van der Waals surface area contributed by atoms with Crippen LogP contribution in [-0.2, 0) is 6.42 Å². The average molecular weight is 286 g/mol. The van der Waals surface area contributed by atoms with Gasteiger partial charge in [0.15, 0.2) is 4.96 Å². The second-order valence-electron chi connectivity index (χ2n) is 5.48. The van der Waals surface area contributed by atoms with Gasteiger partial charge in [0.25, 0.3) is 0 Å². The summed E-state index contributed by atoms with van der Waals surface area (Å²) < 4.78 is 2.20. The van der Waals surface area contributed by atoms with Crippen LogP contribution in [0.2, 0.25) is 0 Å². The fourth-order valence-electron chi connectivity index (χ4n) is 2.66. The van der Waals surface area contributed by atoms with Crippen LogP contribution in [0.15, 0.2) is 30.6 Å². The normalized spacial score (nSPS) is 14.9. The molecule has 0 fully saturated rings. The van der Waals surface area contributed by atoms with E-state index in [4.69, 9.17) is 4.98 Å². The Morgan fingerprint density at radius 1 is 1.25 bits per heavy atom. The molecule has 3 rings (SSSR count). The molecule has 0 spiro atoms. The van der Waals surface area contributed by atoms with Crippen molar-refractivity contribution in [1.82, 2.24) is 9.38 Å². The highest BCUT2D eigenvalue weighted by Crippen LogP contribution is 2.26. The van der Waals surface area contributed by atoms with Gasteiger partial charge in [-0.1, -0.05) is 44.4 Å². The molecule has 2 aromatic heterocycles. The number of nitrogens with zero attached hydrogens (tertiary/aromatic N) is 2. The van der Waals surface area contributed by atoms with E-state index in [1.807, 2.05) is 11.3 Å². The Kier molecular flexibility index (Phi) is 4.36. The van der Waals surface area contributed by atoms with Gasteiger partial charge >= 0.3 is 0 Å². The first-order valence-corrected chi connectivity index (χ1v) is 8.52. The lowest BCUT2D eigenvalue weighted by molar-refractivity contribution is 0.669. The quantitative estimate of drug-likeness (QED) is 0.663. The summed E-state index contributed by atoms with van der Waals surface area (Å²) in [4.78, 5) is 7.39. The summed E-state index contributed by atoms with van der Waals surface area (Å²) in [6.45, 7) is 2.26. The zero-order valence-corrected chi connectivity index (χ0v) is 13.0. The predicted molar refractivity (Wildman–Crippen MR) is 87.3 cm³/mol. The zero-order chi connectivity index (χ0) is 13.8. The number of imidazole rings is 1. The first kappa shape index (κ1) is 13.6. The smallest absolute Gasteiger partial charge is 0.194 e. The highest BCUT2D eigenvalue weighted by Gasteiger charge is 2.10. The SMILES string of the molecule is CCCCCCc1cn2cc(C3=CC=CCC3)nc2s1. The lowest BCUT2D eigenvalue weighted by Gasteiger charge is -2.04. The largest absolute Gasteiger partial charge is 0.297 e. The minimum Gasteiger partial charge on any atom is -0.297 e. The van der Waals surface area contributed by atoms with Crippen LogP contribution in [0, 0.1) is 0 Å². The Morgan fingerprint density at radius 2 is 2.20 bits per heavy atom. The number of hydrogen-bond donors (Lipinski definition) is 0. The molecule has 106 valence electrons. The van der Waals surface area contributed by atoms with Crippen LogP contribution in [0.3, 0.4) is 0 Å². The Morgan fingerprint density at radius 3 is 2.95 bits per heavy atom. The van der Waals surface area contributed by atoms with Crippen molar-refractivity contribution in [3.05, 3.63) is 41.2 Å². The number of unbranched alkanes of at least 4 members (excludes halogenated alkanes) is 3. The van der Waals surface area contributed by atoms with Gasteiger partial charge in [-0.3, -0.25) is 4.40 Å². The van der Waals surface area contributed by atoms with Crippen LogP contribution in [0.25, 0.3) is 10.5 Å². The van der Waals surface area contributed by atoms with Gasteiger partial charge in [-0.2, -0.15) is 0 Å². The molecule has 0 N–H and O–H groups in total. The van der Waals surface area contributed by atoms with E-state index in [0.717, 1.165) is 23.5 Å². The van der Waals surface area contributed by atoms with Gasteiger partial charge in [0.2, 0.25) is 0 Å². The van der Waals surface area contributed by atoms with E-state index >= 15 is 0 Å². The summed E-state index contributed by atoms with van der Waals surface area (Å²) in [5.41, 5.74) is 2.52. The maximum atomic E-state index is 4.78. The number of rotatable bonds is 6. The summed E-state index contributed by atoms with van der Waals surface area (Å²) in [5.74, 6) is 0. The first-order chi connectivity index (χ1) is 9.86. The molecular formula is C17H22N2S. The molecule has 0 aliphatic heterocycles. The molecular weight excluding hydrogens is 264 g/mol. The van der Waals surface area contributed by atoms with Crippen molar-refractivity contribution in [2.75, 3.05) is 0 Å². The highest BCUT2D eigenvalue weighted by molar-refractivity contribution is 7.17. The van der Waals surface area contributed by atoms with Crippen molar-refractivity contribution in [3.63, 3.8) is 0 Å². The summed E-state index contributed by atoms with van der Waals surface area (Å²) in [7, 11) is 0. The fourth-order valence-corrected chi connectivity index (χ4v) is 3.66. The molecule has 0 unspecified atom stereocenters. The molecule has 0 aromatic carbocycles. The van der Waals surface area contributed by atoms with E-state index < -0.39 is 0 Å². The molecule has 0 saturated heterocycles. The van der Waals surface area contributed by atoms with E-state index in [9.17, 15) is 0 Å². The van der Waals surface area contributed by atoms with Crippen LogP contribution >= 0.6 is 11.3 Å². The maximum Gasteiger partial charge on any atom is 0.194 e. The number of aromatic nitrogens is 2. The van der Waals surface area contributed by atoms with Crippen LogP contribution in [0.1, 0.15) is 56.0 Å². The Hall–Kier alpha value is -1.35. The van der Waals surface area contributed by atoms with Crippen LogP contribution in [0.4, 0.5) is 0 Å². The predicted octanol–water partition coefficient (Wildman–Crippen LogP) is 5.25. The summed E-state index contributed by atoms with van der Waals surface area (Å²) >= 11 is 1.85. The molecule has 0 amide bonds. The summed E-state index contributed by atoms with van der Waals surface area (Å²) in [5, 5.41) is 0. The zero-order valence-electron chi connectivity index (χ0n) is 12.1. The number of hydrogen-bond acceptors (Lipinski definition) is 2. The van der Waals surface area contributed by atoms with Crippen molar-refractivity contribution in [3.8, 4) is 0 Å². The van der Waals surface area contributed by atoms with Crippen molar-refractivity contribution in [2.45, 2.75) is 51.9 Å². The monoisotopic (exact) mass is 286 g/mol. The standard InChI is InChI=1S/C17H22N2S/c1-2-3-4-8-11-15-12-19-13-16(18-17(19)20-15)14-9-6-5-7-10-14/h5-6,9,12-13H,2-4,7-8,10-11H2,1H3. The molecule has 20 heavy (non-hydrogen) atoms. The lowest BCUT2D eigenvalue weighted by Crippen LogP contribution is -1.87. The van der Waals surface area contributed by atoms with Gasteiger partial charge in [0.1, 0.15) is 0 Å². The maximum absolute atomic E-state index is 4.78. The van der Waals surface area contributed by atoms with Crippen LogP contribution < -0.4 is 0 Å². The molecule has 1 aliphatic rings. The molecule has 0 radical (unpaired) electrons. The van der Waals surface area contributed by atoms with E-state index in [0.29, 0.717) is 0 Å². The number of thiazole rings is 1.